The molecular weight excluding hydrogens is 278 g/mol. The standard InChI is InChI=1S/C15H20ClNO3/c1-15(10-18)8-2-3-13(15)17-14(19)9-20-12-6-4-11(16)5-7-12/h4-7,13,18H,2-3,8-10H2,1H3,(H,17,19). The summed E-state index contributed by atoms with van der Waals surface area (Å²) in [6, 6.07) is 6.91. The van der Waals surface area contributed by atoms with Gasteiger partial charge in [-0.05, 0) is 37.1 Å². The number of amides is 1. The zero-order valence-corrected chi connectivity index (χ0v) is 12.3. The third kappa shape index (κ3) is 3.64. The largest absolute Gasteiger partial charge is 0.484 e. The monoisotopic (exact) mass is 297 g/mol. The molecule has 1 fully saturated rings. The average molecular weight is 298 g/mol. The first-order valence-electron chi connectivity index (χ1n) is 6.82. The Bertz CT molecular complexity index is 463. The van der Waals surface area contributed by atoms with E-state index in [2.05, 4.69) is 5.32 Å². The van der Waals surface area contributed by atoms with E-state index in [-0.39, 0.29) is 30.6 Å². The molecule has 1 aliphatic carbocycles. The van der Waals surface area contributed by atoms with E-state index >= 15 is 0 Å². The minimum atomic E-state index is -0.212. The number of nitrogens with one attached hydrogen (secondary N) is 1. The van der Waals surface area contributed by atoms with Crippen LogP contribution in [0.4, 0.5) is 0 Å². The maximum atomic E-state index is 11.9. The van der Waals surface area contributed by atoms with E-state index in [1.54, 1.807) is 24.3 Å². The maximum absolute atomic E-state index is 11.9. The van der Waals surface area contributed by atoms with E-state index in [1.807, 2.05) is 6.92 Å². The molecule has 20 heavy (non-hydrogen) atoms. The van der Waals surface area contributed by atoms with Gasteiger partial charge in [0, 0.05) is 16.5 Å². The van der Waals surface area contributed by atoms with Crippen molar-refractivity contribution in [2.45, 2.75) is 32.2 Å². The van der Waals surface area contributed by atoms with Crippen LogP contribution in [0.15, 0.2) is 24.3 Å². The summed E-state index contributed by atoms with van der Waals surface area (Å²) in [6.07, 6.45) is 2.87. The number of benzene rings is 1. The van der Waals surface area contributed by atoms with E-state index < -0.39 is 0 Å². The first-order chi connectivity index (χ1) is 9.53. The van der Waals surface area contributed by atoms with Crippen molar-refractivity contribution in [1.82, 2.24) is 5.32 Å². The van der Waals surface area contributed by atoms with Gasteiger partial charge in [0.25, 0.3) is 5.91 Å². The van der Waals surface area contributed by atoms with Gasteiger partial charge in [-0.1, -0.05) is 24.9 Å². The highest BCUT2D eigenvalue weighted by Gasteiger charge is 2.39. The molecular formula is C15H20ClNO3. The highest BCUT2D eigenvalue weighted by Crippen LogP contribution is 2.37. The van der Waals surface area contributed by atoms with Crippen molar-refractivity contribution in [1.29, 1.82) is 0 Å². The molecule has 2 N–H and O–H groups in total. The van der Waals surface area contributed by atoms with E-state index in [0.29, 0.717) is 10.8 Å². The molecule has 0 aromatic heterocycles. The predicted molar refractivity (Wildman–Crippen MR) is 77.9 cm³/mol. The Kier molecular flexibility index (Phi) is 4.89. The lowest BCUT2D eigenvalue weighted by Crippen LogP contribution is -2.46. The number of halogens is 1. The van der Waals surface area contributed by atoms with Gasteiger partial charge in [0.15, 0.2) is 6.61 Å². The van der Waals surface area contributed by atoms with Crippen LogP contribution >= 0.6 is 11.6 Å². The lowest BCUT2D eigenvalue weighted by atomic mass is 9.86. The van der Waals surface area contributed by atoms with E-state index in [1.165, 1.54) is 0 Å². The quantitative estimate of drug-likeness (QED) is 0.877. The Morgan fingerprint density at radius 2 is 2.20 bits per heavy atom. The Morgan fingerprint density at radius 3 is 2.85 bits per heavy atom. The summed E-state index contributed by atoms with van der Waals surface area (Å²) in [7, 11) is 0. The molecule has 1 amide bonds. The Balaban J connectivity index is 1.82. The summed E-state index contributed by atoms with van der Waals surface area (Å²) in [6.45, 7) is 2.07. The Labute approximate surface area is 124 Å². The molecule has 2 unspecified atom stereocenters. The normalized spacial score (nSPS) is 25.4. The summed E-state index contributed by atoms with van der Waals surface area (Å²) in [5, 5.41) is 13.0. The first kappa shape index (κ1) is 15.1. The summed E-state index contributed by atoms with van der Waals surface area (Å²) in [5.74, 6) is 0.451. The third-order valence-corrected chi connectivity index (χ3v) is 4.21. The van der Waals surface area contributed by atoms with Crippen molar-refractivity contribution < 1.29 is 14.6 Å². The molecule has 2 rings (SSSR count). The molecule has 1 saturated carbocycles. The van der Waals surface area contributed by atoms with Crippen LogP contribution in [0, 0.1) is 5.41 Å². The molecule has 1 aliphatic rings. The number of hydrogen-bond acceptors (Lipinski definition) is 3. The fourth-order valence-corrected chi connectivity index (χ4v) is 2.71. The summed E-state index contributed by atoms with van der Waals surface area (Å²) >= 11 is 5.78. The molecule has 0 spiro atoms. The molecule has 5 heteroatoms. The number of carbonyl (C=O) groups excluding carboxylic acids is 1. The van der Waals surface area contributed by atoms with Crippen LogP contribution < -0.4 is 10.1 Å². The average Bonchev–Trinajstić information content (AvgIpc) is 2.80. The molecule has 0 heterocycles. The number of aliphatic hydroxyl groups excluding tert-OH is 1. The van der Waals surface area contributed by atoms with Crippen LogP contribution in [0.25, 0.3) is 0 Å². The fourth-order valence-electron chi connectivity index (χ4n) is 2.58. The lowest BCUT2D eigenvalue weighted by Gasteiger charge is -2.30. The van der Waals surface area contributed by atoms with Gasteiger partial charge in [-0.2, -0.15) is 0 Å². The van der Waals surface area contributed by atoms with Crippen LogP contribution in [0.1, 0.15) is 26.2 Å². The zero-order chi connectivity index (χ0) is 14.6. The molecule has 0 saturated heterocycles. The lowest BCUT2D eigenvalue weighted by molar-refractivity contribution is -0.124. The molecule has 0 radical (unpaired) electrons. The minimum absolute atomic E-state index is 0.0221. The van der Waals surface area contributed by atoms with Crippen LogP contribution in [0.2, 0.25) is 5.02 Å². The molecule has 110 valence electrons. The van der Waals surface area contributed by atoms with E-state index in [4.69, 9.17) is 16.3 Å². The van der Waals surface area contributed by atoms with Crippen molar-refractivity contribution in [2.24, 2.45) is 5.41 Å². The van der Waals surface area contributed by atoms with Crippen LogP contribution in [0.3, 0.4) is 0 Å². The molecule has 0 bridgehead atoms. The Hall–Kier alpha value is -1.26. The van der Waals surface area contributed by atoms with Crippen LogP contribution in [0.5, 0.6) is 5.75 Å². The van der Waals surface area contributed by atoms with E-state index in [0.717, 1.165) is 19.3 Å². The third-order valence-electron chi connectivity index (χ3n) is 3.96. The van der Waals surface area contributed by atoms with Crippen LogP contribution in [-0.4, -0.2) is 30.3 Å². The molecule has 4 nitrogen and oxygen atoms in total. The molecule has 2 atom stereocenters. The van der Waals surface area contributed by atoms with Crippen molar-refractivity contribution >= 4 is 17.5 Å². The molecule has 1 aromatic carbocycles. The van der Waals surface area contributed by atoms with Gasteiger partial charge in [-0.15, -0.1) is 0 Å². The number of ether oxygens (including phenoxy) is 1. The number of carbonyl (C=O) groups is 1. The zero-order valence-electron chi connectivity index (χ0n) is 11.6. The second kappa shape index (κ2) is 6.46. The number of aliphatic hydroxyl groups is 1. The van der Waals surface area contributed by atoms with Gasteiger partial charge in [0.1, 0.15) is 5.75 Å². The highest BCUT2D eigenvalue weighted by atomic mass is 35.5. The summed E-state index contributed by atoms with van der Waals surface area (Å²) < 4.78 is 5.40. The number of hydrogen-bond donors (Lipinski definition) is 2. The van der Waals surface area contributed by atoms with Crippen molar-refractivity contribution in [3.8, 4) is 5.75 Å². The molecule has 0 aliphatic heterocycles. The van der Waals surface area contributed by atoms with Gasteiger partial charge in [0.05, 0.1) is 6.61 Å². The maximum Gasteiger partial charge on any atom is 0.258 e. The van der Waals surface area contributed by atoms with Crippen molar-refractivity contribution in [3.05, 3.63) is 29.3 Å². The van der Waals surface area contributed by atoms with Crippen LogP contribution in [-0.2, 0) is 4.79 Å². The smallest absolute Gasteiger partial charge is 0.258 e. The van der Waals surface area contributed by atoms with Gasteiger partial charge >= 0.3 is 0 Å². The fraction of sp³-hybridized carbons (Fsp3) is 0.533. The number of rotatable bonds is 5. The predicted octanol–water partition coefficient (Wildman–Crippen LogP) is 2.39. The van der Waals surface area contributed by atoms with E-state index in [9.17, 15) is 9.90 Å². The SMILES string of the molecule is CC1(CO)CCCC1NC(=O)COc1ccc(Cl)cc1. The topological polar surface area (TPSA) is 58.6 Å². The van der Waals surface area contributed by atoms with Gasteiger partial charge < -0.3 is 15.2 Å². The Morgan fingerprint density at radius 1 is 1.50 bits per heavy atom. The summed E-state index contributed by atoms with van der Waals surface area (Å²) in [5.41, 5.74) is -0.212. The first-order valence-corrected chi connectivity index (χ1v) is 7.20. The second-order valence-corrected chi connectivity index (χ2v) is 6.00. The van der Waals surface area contributed by atoms with Gasteiger partial charge in [0.2, 0.25) is 0 Å². The van der Waals surface area contributed by atoms with Crippen molar-refractivity contribution in [3.63, 3.8) is 0 Å². The van der Waals surface area contributed by atoms with Gasteiger partial charge in [-0.25, -0.2) is 0 Å². The molecule has 1 aromatic rings. The van der Waals surface area contributed by atoms with Crippen molar-refractivity contribution in [2.75, 3.05) is 13.2 Å². The second-order valence-electron chi connectivity index (χ2n) is 5.57. The van der Waals surface area contributed by atoms with Gasteiger partial charge in [-0.3, -0.25) is 4.79 Å². The highest BCUT2D eigenvalue weighted by molar-refractivity contribution is 6.30. The summed E-state index contributed by atoms with van der Waals surface area (Å²) in [4.78, 5) is 11.9. The minimum Gasteiger partial charge on any atom is -0.484 e.